The molecule has 0 saturated heterocycles. The number of nitrogens with zero attached hydrogens (tertiary/aromatic N) is 3. The van der Waals surface area contributed by atoms with E-state index in [0.717, 1.165) is 66.5 Å². The normalized spacial score (nSPS) is 11.3. The van der Waals surface area contributed by atoms with Gasteiger partial charge in [0.1, 0.15) is 11.5 Å². The fourth-order valence-electron chi connectivity index (χ4n) is 5.90. The molecule has 0 bridgehead atoms. The van der Waals surface area contributed by atoms with E-state index < -0.39 is 6.09 Å². The number of benzene rings is 4. The van der Waals surface area contributed by atoms with Crippen molar-refractivity contribution in [3.05, 3.63) is 82.8 Å². The maximum atomic E-state index is 12.5. The van der Waals surface area contributed by atoms with Crippen LogP contribution in [0.1, 0.15) is 0 Å². The molecule has 0 aliphatic heterocycles. The zero-order chi connectivity index (χ0) is 35.7. The number of rotatable bonds is 16. The van der Waals surface area contributed by atoms with Crippen molar-refractivity contribution < 1.29 is 28.5 Å². The van der Waals surface area contributed by atoms with Crippen molar-refractivity contribution in [3.63, 3.8) is 0 Å². The predicted molar refractivity (Wildman–Crippen MR) is 204 cm³/mol. The number of fused-ring (bicyclic) bond motifs is 4. The van der Waals surface area contributed by atoms with Crippen LogP contribution in [0.4, 0.5) is 16.2 Å². The van der Waals surface area contributed by atoms with Crippen LogP contribution in [0.5, 0.6) is 11.5 Å². The molecule has 0 radical (unpaired) electrons. The minimum atomic E-state index is -0.442. The highest BCUT2D eigenvalue weighted by atomic mass is 35.5. The predicted octanol–water partition coefficient (Wildman–Crippen LogP) is 8.04. The highest BCUT2D eigenvalue weighted by Crippen LogP contribution is 2.35. The van der Waals surface area contributed by atoms with E-state index in [1.165, 1.54) is 7.11 Å². The van der Waals surface area contributed by atoms with Gasteiger partial charge in [0.25, 0.3) is 0 Å². The smallest absolute Gasteiger partial charge is 0.409 e. The largest absolute Gasteiger partial charge is 0.497 e. The summed E-state index contributed by atoms with van der Waals surface area (Å²) in [6.07, 6.45) is -0.442. The average Bonchev–Trinajstić information content (AvgIpc) is 3.14. The number of carbonyl (C=O) groups excluding carboxylic acids is 1. The van der Waals surface area contributed by atoms with Crippen molar-refractivity contribution in [2.45, 2.75) is 0 Å². The number of carbonyl (C=O) groups is 1. The van der Waals surface area contributed by atoms with Crippen LogP contribution in [0, 0.1) is 0 Å². The molecule has 13 heteroatoms. The van der Waals surface area contributed by atoms with Gasteiger partial charge in [-0.05, 0) is 72.8 Å². The first-order valence-electron chi connectivity index (χ1n) is 16.5. The van der Waals surface area contributed by atoms with Gasteiger partial charge in [0, 0.05) is 57.8 Å². The van der Waals surface area contributed by atoms with Gasteiger partial charge in [0.05, 0.1) is 81.2 Å². The lowest BCUT2D eigenvalue weighted by atomic mass is 10.1. The van der Waals surface area contributed by atoms with Gasteiger partial charge in [-0.1, -0.05) is 23.2 Å². The number of amides is 1. The number of nitrogens with one attached hydrogen (secondary N) is 2. The second-order valence-corrected chi connectivity index (χ2v) is 12.5. The van der Waals surface area contributed by atoms with Crippen LogP contribution >= 0.6 is 23.2 Å². The standard InChI is InChI=1S/C38H39Cl2N5O6/c1-47-26-6-10-32-30(22-26)36(28-8-4-24(39)20-34(28)43-32)41-12-16-50-18-14-45(38(46)49-3)15-19-51-17-13-42-37-29-9-5-25(40)21-35(29)44-33-11-7-27(48-2)23-31(33)37/h4-11,20-23H,12-19H2,1-3H3,(H,41,43)(H,42,44). The van der Waals surface area contributed by atoms with Gasteiger partial charge in [0.2, 0.25) is 0 Å². The summed E-state index contributed by atoms with van der Waals surface area (Å²) in [6.45, 7) is 3.25. The molecule has 1 amide bonds. The van der Waals surface area contributed by atoms with Crippen molar-refractivity contribution in [1.82, 2.24) is 14.9 Å². The third-order valence-corrected chi connectivity index (χ3v) is 8.90. The molecule has 0 aliphatic rings. The van der Waals surface area contributed by atoms with E-state index in [1.54, 1.807) is 19.1 Å². The van der Waals surface area contributed by atoms with E-state index in [0.29, 0.717) is 62.7 Å². The minimum absolute atomic E-state index is 0.329. The lowest BCUT2D eigenvalue weighted by Crippen LogP contribution is -2.37. The Morgan fingerprint density at radius 3 is 1.51 bits per heavy atom. The van der Waals surface area contributed by atoms with Gasteiger partial charge in [-0.15, -0.1) is 0 Å². The Labute approximate surface area is 305 Å². The van der Waals surface area contributed by atoms with Gasteiger partial charge in [0.15, 0.2) is 0 Å². The molecular weight excluding hydrogens is 693 g/mol. The molecule has 0 aliphatic carbocycles. The van der Waals surface area contributed by atoms with E-state index in [1.807, 2.05) is 72.8 Å². The summed E-state index contributed by atoms with van der Waals surface area (Å²) >= 11 is 12.5. The number of methoxy groups -OCH3 is 3. The number of halogens is 2. The molecule has 6 rings (SSSR count). The number of aromatic nitrogens is 2. The first-order valence-corrected chi connectivity index (χ1v) is 17.2. The molecule has 2 N–H and O–H groups in total. The van der Waals surface area contributed by atoms with Crippen molar-refractivity contribution >= 4 is 84.3 Å². The maximum absolute atomic E-state index is 12.5. The Kier molecular flexibility index (Phi) is 12.0. The second-order valence-electron chi connectivity index (χ2n) is 11.6. The van der Waals surface area contributed by atoms with Crippen molar-refractivity contribution in [2.24, 2.45) is 0 Å². The lowest BCUT2D eigenvalue weighted by molar-refractivity contribution is 0.0676. The third-order valence-electron chi connectivity index (χ3n) is 8.43. The average molecular weight is 733 g/mol. The Morgan fingerprint density at radius 2 is 1.08 bits per heavy atom. The summed E-state index contributed by atoms with van der Waals surface area (Å²) in [7, 11) is 4.64. The Morgan fingerprint density at radius 1 is 0.608 bits per heavy atom. The molecule has 0 fully saturated rings. The zero-order valence-corrected chi connectivity index (χ0v) is 30.1. The summed E-state index contributed by atoms with van der Waals surface area (Å²) in [5.41, 5.74) is 5.08. The maximum Gasteiger partial charge on any atom is 0.409 e. The molecule has 6 aromatic rings. The monoisotopic (exact) mass is 731 g/mol. The summed E-state index contributed by atoms with van der Waals surface area (Å²) in [5, 5.41) is 12.0. The summed E-state index contributed by atoms with van der Waals surface area (Å²) in [4.78, 5) is 23.6. The molecule has 4 aromatic carbocycles. The molecule has 0 spiro atoms. The second kappa shape index (κ2) is 16.9. The van der Waals surface area contributed by atoms with Crippen LogP contribution in [0.25, 0.3) is 43.6 Å². The summed E-state index contributed by atoms with van der Waals surface area (Å²) in [5.74, 6) is 1.48. The molecular formula is C38H39Cl2N5O6. The van der Waals surface area contributed by atoms with E-state index in [4.69, 9.17) is 56.9 Å². The number of pyridine rings is 2. The number of hydrogen-bond donors (Lipinski definition) is 2. The number of hydrogen-bond acceptors (Lipinski definition) is 10. The van der Waals surface area contributed by atoms with Crippen LogP contribution in [0.3, 0.4) is 0 Å². The zero-order valence-electron chi connectivity index (χ0n) is 28.6. The quantitative estimate of drug-likeness (QED) is 0.0749. The molecule has 0 saturated carbocycles. The first kappa shape index (κ1) is 36.0. The minimum Gasteiger partial charge on any atom is -0.497 e. The van der Waals surface area contributed by atoms with Gasteiger partial charge in [-0.3, -0.25) is 0 Å². The third kappa shape index (κ3) is 8.57. The molecule has 51 heavy (non-hydrogen) atoms. The van der Waals surface area contributed by atoms with Gasteiger partial charge < -0.3 is 39.2 Å². The molecule has 2 aromatic heterocycles. The highest BCUT2D eigenvalue weighted by Gasteiger charge is 2.15. The van der Waals surface area contributed by atoms with Crippen molar-refractivity contribution in [1.29, 1.82) is 0 Å². The van der Waals surface area contributed by atoms with Gasteiger partial charge in [-0.2, -0.15) is 0 Å². The Hall–Kier alpha value is -4.81. The molecule has 0 atom stereocenters. The Bertz CT molecular complexity index is 2020. The van der Waals surface area contributed by atoms with Crippen LogP contribution < -0.4 is 20.1 Å². The van der Waals surface area contributed by atoms with Gasteiger partial charge >= 0.3 is 6.09 Å². The van der Waals surface area contributed by atoms with Crippen molar-refractivity contribution in [3.8, 4) is 11.5 Å². The molecule has 2 heterocycles. The van der Waals surface area contributed by atoms with Crippen molar-refractivity contribution in [2.75, 3.05) is 84.6 Å². The lowest BCUT2D eigenvalue weighted by Gasteiger charge is -2.21. The summed E-state index contributed by atoms with van der Waals surface area (Å²) < 4.78 is 27.7. The van der Waals surface area contributed by atoms with E-state index in [2.05, 4.69) is 10.6 Å². The number of ether oxygens (including phenoxy) is 5. The fourth-order valence-corrected chi connectivity index (χ4v) is 6.23. The number of anilines is 2. The van der Waals surface area contributed by atoms with Crippen LogP contribution in [-0.4, -0.2) is 94.9 Å². The van der Waals surface area contributed by atoms with E-state index >= 15 is 0 Å². The molecule has 0 unspecified atom stereocenters. The Balaban J connectivity index is 0.986. The van der Waals surface area contributed by atoms with E-state index in [-0.39, 0.29) is 0 Å². The topological polar surface area (TPSA) is 116 Å². The fraction of sp³-hybridized carbons (Fsp3) is 0.289. The molecule has 266 valence electrons. The van der Waals surface area contributed by atoms with Crippen LogP contribution in [0.2, 0.25) is 10.0 Å². The molecule has 11 nitrogen and oxygen atoms in total. The van der Waals surface area contributed by atoms with E-state index in [9.17, 15) is 4.79 Å². The van der Waals surface area contributed by atoms with Crippen LogP contribution in [-0.2, 0) is 14.2 Å². The van der Waals surface area contributed by atoms with Crippen LogP contribution in [0.15, 0.2) is 72.8 Å². The highest BCUT2D eigenvalue weighted by molar-refractivity contribution is 6.32. The summed E-state index contributed by atoms with van der Waals surface area (Å²) in [6, 6.07) is 22.8. The SMILES string of the molecule is COC(=O)N(CCOCCNc1c2ccc(Cl)cc2nc2ccc(OC)cc12)CCOCCNc1c2ccc(Cl)cc2nc2ccc(OC)cc12. The van der Waals surface area contributed by atoms with Gasteiger partial charge in [-0.25, -0.2) is 14.8 Å². The first-order chi connectivity index (χ1) is 24.9.